The number of imidazole rings is 1. The molecule has 12 nitrogen and oxygen atoms in total. The second-order valence-corrected chi connectivity index (χ2v) is 14.8. The van der Waals surface area contributed by atoms with Crippen LogP contribution in [0, 0.1) is 0 Å². The summed E-state index contributed by atoms with van der Waals surface area (Å²) in [6.07, 6.45) is 4.10. The van der Waals surface area contributed by atoms with E-state index in [1.807, 2.05) is 83.8 Å². The normalized spacial score (nSPS) is 14.8. The summed E-state index contributed by atoms with van der Waals surface area (Å²) in [7, 11) is 0. The van der Waals surface area contributed by atoms with E-state index in [4.69, 9.17) is 9.47 Å². The van der Waals surface area contributed by atoms with Gasteiger partial charge in [-0.3, -0.25) is 14.4 Å². The van der Waals surface area contributed by atoms with Crippen LogP contribution in [0.3, 0.4) is 0 Å². The number of aromatic nitrogens is 2. The highest BCUT2D eigenvalue weighted by Gasteiger charge is 2.35. The molecular weight excluding hydrogens is 672 g/mol. The van der Waals surface area contributed by atoms with Gasteiger partial charge in [-0.2, -0.15) is 0 Å². The molecule has 0 saturated carbocycles. The topological polar surface area (TPSA) is 144 Å². The smallest absolute Gasteiger partial charge is 0.408 e. The maximum Gasteiger partial charge on any atom is 0.408 e. The molecule has 0 bridgehead atoms. The number of ether oxygens (including phenoxy) is 2. The van der Waals surface area contributed by atoms with Crippen LogP contribution in [0.5, 0.6) is 0 Å². The number of rotatable bonds is 13. The van der Waals surface area contributed by atoms with Crippen molar-refractivity contribution in [2.24, 2.45) is 0 Å². The molecule has 280 valence electrons. The molecule has 1 aliphatic heterocycles. The Labute approximate surface area is 311 Å². The summed E-state index contributed by atoms with van der Waals surface area (Å²) in [5, 5.41) is 8.08. The van der Waals surface area contributed by atoms with Crippen molar-refractivity contribution in [2.75, 3.05) is 25.0 Å². The lowest BCUT2D eigenvalue weighted by Gasteiger charge is -2.35. The summed E-state index contributed by atoms with van der Waals surface area (Å²) in [4.78, 5) is 60.2. The predicted molar refractivity (Wildman–Crippen MR) is 202 cm³/mol. The van der Waals surface area contributed by atoms with Gasteiger partial charge in [0, 0.05) is 19.3 Å². The fraction of sp³-hybridized carbons (Fsp3) is 0.390. The molecule has 53 heavy (non-hydrogen) atoms. The lowest BCUT2D eigenvalue weighted by Crippen LogP contribution is -2.59. The Morgan fingerprint density at radius 3 is 2.08 bits per heavy atom. The number of anilines is 1. The number of hydrogen-bond donors (Lipinski definition) is 3. The monoisotopic (exact) mass is 722 g/mol. The molecule has 1 aromatic heterocycles. The predicted octanol–water partition coefficient (Wildman–Crippen LogP) is 5.82. The zero-order valence-corrected chi connectivity index (χ0v) is 31.1. The average Bonchev–Trinajstić information content (AvgIpc) is 3.59. The van der Waals surface area contributed by atoms with Crippen LogP contribution < -0.4 is 16.0 Å². The van der Waals surface area contributed by atoms with Crippen LogP contribution in [0.25, 0.3) is 0 Å². The Hall–Kier alpha value is -5.49. The molecule has 3 N–H and O–H groups in total. The Bertz CT molecular complexity index is 1820. The summed E-state index contributed by atoms with van der Waals surface area (Å²) in [5.41, 5.74) is 0.774. The van der Waals surface area contributed by atoms with E-state index < -0.39 is 41.1 Å². The lowest BCUT2D eigenvalue weighted by molar-refractivity contribution is -0.134. The summed E-state index contributed by atoms with van der Waals surface area (Å²) < 4.78 is 12.9. The first-order chi connectivity index (χ1) is 25.3. The van der Waals surface area contributed by atoms with Crippen molar-refractivity contribution >= 4 is 29.6 Å². The molecule has 1 saturated heterocycles. The Balaban J connectivity index is 1.30. The summed E-state index contributed by atoms with van der Waals surface area (Å²) in [6, 6.07) is 27.4. The van der Waals surface area contributed by atoms with Crippen LogP contribution in [-0.2, 0) is 30.5 Å². The van der Waals surface area contributed by atoms with Gasteiger partial charge < -0.3 is 34.9 Å². The maximum atomic E-state index is 14.2. The fourth-order valence-corrected chi connectivity index (χ4v) is 6.17. The number of carbonyl (C=O) groups excluding carboxylic acids is 4. The Morgan fingerprint density at radius 2 is 1.45 bits per heavy atom. The van der Waals surface area contributed by atoms with Gasteiger partial charge in [0.1, 0.15) is 23.2 Å². The van der Waals surface area contributed by atoms with E-state index in [1.54, 1.807) is 31.5 Å². The first-order valence-corrected chi connectivity index (χ1v) is 18.0. The maximum absolute atomic E-state index is 14.2. The quantitative estimate of drug-likeness (QED) is 0.158. The zero-order chi connectivity index (χ0) is 38.0. The minimum atomic E-state index is -1.43. The van der Waals surface area contributed by atoms with Crippen molar-refractivity contribution in [2.45, 2.75) is 83.2 Å². The molecule has 4 amide bonds. The number of amides is 4. The molecule has 2 atom stereocenters. The second kappa shape index (κ2) is 17.4. The van der Waals surface area contributed by atoms with E-state index in [0.29, 0.717) is 19.0 Å². The van der Waals surface area contributed by atoms with Crippen molar-refractivity contribution in [3.05, 3.63) is 120 Å². The number of benzene rings is 3. The molecule has 1 aliphatic rings. The van der Waals surface area contributed by atoms with Gasteiger partial charge in [0.15, 0.2) is 5.82 Å². The van der Waals surface area contributed by atoms with Crippen LogP contribution >= 0.6 is 0 Å². The number of hydrogen-bond acceptors (Lipinski definition) is 7. The molecule has 1 fully saturated rings. The van der Waals surface area contributed by atoms with Crippen LogP contribution in [0.1, 0.15) is 76.1 Å². The minimum Gasteiger partial charge on any atom is -0.444 e. The standard InChI is InChI=1S/C41H50N6O6/c1-40(2,3)53-39(51)45-41(4,5)38(50)43-33(27-52-26-29-15-9-6-10-16-29)36(48)44-34-25-47(28-42-34)35(32-19-13-8-14-20-32)37(49)46-23-21-31(22-24-46)30-17-11-7-12-18-30/h6-20,25,28,31,33,35H,21-24,26-27H2,1-5H3,(H,43,50)(H,44,48)(H,45,51)/t33-,35?/m1/s1. The number of piperidine rings is 1. The van der Waals surface area contributed by atoms with Gasteiger partial charge in [-0.05, 0) is 70.1 Å². The van der Waals surface area contributed by atoms with Crippen molar-refractivity contribution in [1.29, 1.82) is 0 Å². The van der Waals surface area contributed by atoms with Gasteiger partial charge >= 0.3 is 6.09 Å². The molecule has 0 radical (unpaired) electrons. The third-order valence-corrected chi connectivity index (χ3v) is 8.98. The molecule has 2 heterocycles. The second-order valence-electron chi connectivity index (χ2n) is 14.8. The minimum absolute atomic E-state index is 0.0582. The third kappa shape index (κ3) is 11.0. The number of nitrogens with one attached hydrogen (secondary N) is 3. The number of carbonyl (C=O) groups is 4. The summed E-state index contributed by atoms with van der Waals surface area (Å²) in [6.45, 7) is 9.48. The van der Waals surface area contributed by atoms with Crippen molar-refractivity contribution in [3.8, 4) is 0 Å². The largest absolute Gasteiger partial charge is 0.444 e. The van der Waals surface area contributed by atoms with Gasteiger partial charge in [0.2, 0.25) is 11.8 Å². The van der Waals surface area contributed by atoms with Gasteiger partial charge in [-0.1, -0.05) is 91.0 Å². The van der Waals surface area contributed by atoms with Gasteiger partial charge in [0.25, 0.3) is 5.91 Å². The Kier molecular flexibility index (Phi) is 12.7. The van der Waals surface area contributed by atoms with Gasteiger partial charge in [-0.15, -0.1) is 0 Å². The summed E-state index contributed by atoms with van der Waals surface area (Å²) in [5.74, 6) is -0.676. The van der Waals surface area contributed by atoms with E-state index in [9.17, 15) is 19.2 Å². The molecule has 1 unspecified atom stereocenters. The number of nitrogens with zero attached hydrogens (tertiary/aromatic N) is 3. The van der Waals surface area contributed by atoms with Crippen molar-refractivity contribution in [1.82, 2.24) is 25.1 Å². The highest BCUT2D eigenvalue weighted by molar-refractivity contribution is 5.98. The molecular formula is C41H50N6O6. The molecule has 5 rings (SSSR count). The highest BCUT2D eigenvalue weighted by atomic mass is 16.6. The third-order valence-electron chi connectivity index (χ3n) is 8.98. The van der Waals surface area contributed by atoms with Gasteiger partial charge in [0.05, 0.1) is 19.5 Å². The van der Waals surface area contributed by atoms with Crippen molar-refractivity contribution < 1.29 is 28.7 Å². The number of likely N-dealkylation sites (tertiary alicyclic amines) is 1. The molecule has 0 aliphatic carbocycles. The van der Waals surface area contributed by atoms with Crippen molar-refractivity contribution in [3.63, 3.8) is 0 Å². The molecule has 3 aromatic carbocycles. The van der Waals surface area contributed by atoms with Crippen LogP contribution in [0.2, 0.25) is 0 Å². The van der Waals surface area contributed by atoms with E-state index in [-0.39, 0.29) is 24.9 Å². The fourth-order valence-electron chi connectivity index (χ4n) is 6.17. The first kappa shape index (κ1) is 38.7. The zero-order valence-electron chi connectivity index (χ0n) is 31.1. The number of alkyl carbamates (subject to hydrolysis) is 1. The van der Waals surface area contributed by atoms with E-state index >= 15 is 0 Å². The lowest BCUT2D eigenvalue weighted by atomic mass is 9.89. The van der Waals surface area contributed by atoms with Crippen LogP contribution in [0.15, 0.2) is 104 Å². The molecule has 0 spiro atoms. The summed E-state index contributed by atoms with van der Waals surface area (Å²) >= 11 is 0. The average molecular weight is 723 g/mol. The van der Waals surface area contributed by atoms with Gasteiger partial charge in [-0.25, -0.2) is 9.78 Å². The highest BCUT2D eigenvalue weighted by Crippen LogP contribution is 2.30. The van der Waals surface area contributed by atoms with E-state index in [1.165, 1.54) is 25.7 Å². The SMILES string of the molecule is CC(C)(C)OC(=O)NC(C)(C)C(=O)N[C@H](COCc1ccccc1)C(=O)Nc1cn(C(C(=O)N2CCC(c3ccccc3)CC2)c2ccccc2)cn1. The Morgan fingerprint density at radius 1 is 0.849 bits per heavy atom. The first-order valence-electron chi connectivity index (χ1n) is 18.0. The van der Waals surface area contributed by atoms with E-state index in [2.05, 4.69) is 33.1 Å². The van der Waals surface area contributed by atoms with Crippen LogP contribution in [0.4, 0.5) is 10.6 Å². The van der Waals surface area contributed by atoms with Crippen LogP contribution in [-0.4, -0.2) is 75.1 Å². The van der Waals surface area contributed by atoms with E-state index in [0.717, 1.165) is 24.0 Å². The molecule has 12 heteroatoms. The molecule has 4 aromatic rings.